The van der Waals surface area contributed by atoms with E-state index in [1.165, 1.54) is 18.9 Å². The van der Waals surface area contributed by atoms with Crippen molar-refractivity contribution in [3.8, 4) is 11.5 Å². The molecule has 0 aromatic heterocycles. The highest BCUT2D eigenvalue weighted by Crippen LogP contribution is 2.40. The lowest BCUT2D eigenvalue weighted by Gasteiger charge is -2.25. The summed E-state index contributed by atoms with van der Waals surface area (Å²) in [5.41, 5.74) is 0.863. The summed E-state index contributed by atoms with van der Waals surface area (Å²) in [5.74, 6) is 0.884. The Labute approximate surface area is 131 Å². The number of nitro groups is 1. The normalized spacial score (nSPS) is 15.3. The molecule has 6 heteroatoms. The Balaban J connectivity index is 2.44. The average molecular weight is 308 g/mol. The number of anilines is 1. The van der Waals surface area contributed by atoms with E-state index in [-0.39, 0.29) is 5.69 Å². The predicted molar refractivity (Wildman–Crippen MR) is 86.1 cm³/mol. The molecule has 0 spiro atoms. The van der Waals surface area contributed by atoms with Gasteiger partial charge in [0, 0.05) is 19.2 Å². The minimum absolute atomic E-state index is 0.0381. The van der Waals surface area contributed by atoms with Crippen LogP contribution in [0.5, 0.6) is 11.5 Å². The fourth-order valence-electron chi connectivity index (χ4n) is 2.78. The van der Waals surface area contributed by atoms with Crippen molar-refractivity contribution >= 4 is 11.4 Å². The molecule has 1 saturated heterocycles. The van der Waals surface area contributed by atoms with E-state index < -0.39 is 4.92 Å². The summed E-state index contributed by atoms with van der Waals surface area (Å²) in [6, 6.07) is 3.26. The summed E-state index contributed by atoms with van der Waals surface area (Å²) in [5, 5.41) is 11.3. The van der Waals surface area contributed by atoms with Gasteiger partial charge in [-0.15, -0.1) is 0 Å². The quantitative estimate of drug-likeness (QED) is 0.591. The second-order valence-electron chi connectivity index (χ2n) is 5.31. The minimum atomic E-state index is -0.417. The lowest BCUT2D eigenvalue weighted by Crippen LogP contribution is -2.24. The Morgan fingerprint density at radius 3 is 2.18 bits per heavy atom. The third-order valence-corrected chi connectivity index (χ3v) is 3.78. The van der Waals surface area contributed by atoms with E-state index in [0.717, 1.165) is 31.6 Å². The number of rotatable bonds is 6. The molecule has 1 aromatic rings. The summed E-state index contributed by atoms with van der Waals surface area (Å²) in [7, 11) is 0. The Kier molecular flexibility index (Phi) is 5.86. The van der Waals surface area contributed by atoms with E-state index in [1.54, 1.807) is 6.07 Å². The van der Waals surface area contributed by atoms with Crippen molar-refractivity contribution in [3.05, 3.63) is 22.2 Å². The van der Waals surface area contributed by atoms with Crippen LogP contribution in [0.15, 0.2) is 12.1 Å². The van der Waals surface area contributed by atoms with Gasteiger partial charge < -0.3 is 14.4 Å². The molecular formula is C16H24N2O4. The monoisotopic (exact) mass is 308 g/mol. The molecule has 0 saturated carbocycles. The number of nitro benzene ring substituents is 1. The highest BCUT2D eigenvalue weighted by molar-refractivity contribution is 5.68. The molecule has 122 valence electrons. The van der Waals surface area contributed by atoms with Crippen LogP contribution in [0.1, 0.15) is 39.5 Å². The van der Waals surface area contributed by atoms with E-state index in [2.05, 4.69) is 4.90 Å². The Hall–Kier alpha value is -1.98. The first-order valence-electron chi connectivity index (χ1n) is 8.00. The van der Waals surface area contributed by atoms with Crippen LogP contribution >= 0.6 is 0 Å². The maximum Gasteiger partial charge on any atom is 0.314 e. The molecule has 1 fully saturated rings. The highest BCUT2D eigenvalue weighted by Gasteiger charge is 2.23. The van der Waals surface area contributed by atoms with Crippen molar-refractivity contribution in [2.75, 3.05) is 31.2 Å². The molecule has 22 heavy (non-hydrogen) atoms. The number of hydrogen-bond donors (Lipinski definition) is 0. The van der Waals surface area contributed by atoms with Gasteiger partial charge in [0.05, 0.1) is 29.9 Å². The lowest BCUT2D eigenvalue weighted by atomic mass is 10.2. The highest BCUT2D eigenvalue weighted by atomic mass is 16.6. The first kappa shape index (κ1) is 16.4. The molecule has 0 bridgehead atoms. The fraction of sp³-hybridized carbons (Fsp3) is 0.625. The van der Waals surface area contributed by atoms with E-state index in [4.69, 9.17) is 9.47 Å². The summed E-state index contributed by atoms with van der Waals surface area (Å²) in [4.78, 5) is 13.1. The second kappa shape index (κ2) is 7.87. The van der Waals surface area contributed by atoms with Crippen LogP contribution in [-0.2, 0) is 0 Å². The third-order valence-electron chi connectivity index (χ3n) is 3.78. The maximum absolute atomic E-state index is 11.3. The number of ether oxygens (including phenoxy) is 2. The smallest absolute Gasteiger partial charge is 0.314 e. The van der Waals surface area contributed by atoms with Crippen molar-refractivity contribution in [2.24, 2.45) is 0 Å². The second-order valence-corrected chi connectivity index (χ2v) is 5.31. The van der Waals surface area contributed by atoms with E-state index in [9.17, 15) is 10.1 Å². The SMILES string of the molecule is CCOc1cc([N+](=O)[O-])c(OCC)cc1N1CCCCCC1. The zero-order chi connectivity index (χ0) is 15.9. The molecule has 1 aliphatic rings. The van der Waals surface area contributed by atoms with Crippen molar-refractivity contribution in [3.63, 3.8) is 0 Å². The van der Waals surface area contributed by atoms with E-state index in [1.807, 2.05) is 13.8 Å². The van der Waals surface area contributed by atoms with Gasteiger partial charge in [0.1, 0.15) is 5.75 Å². The van der Waals surface area contributed by atoms with Gasteiger partial charge in [-0.3, -0.25) is 10.1 Å². The van der Waals surface area contributed by atoms with Crippen molar-refractivity contribution in [1.82, 2.24) is 0 Å². The molecule has 0 aliphatic carbocycles. The van der Waals surface area contributed by atoms with Crippen LogP contribution in [0.4, 0.5) is 11.4 Å². The maximum atomic E-state index is 11.3. The van der Waals surface area contributed by atoms with Crippen LogP contribution in [-0.4, -0.2) is 31.2 Å². The Morgan fingerprint density at radius 2 is 1.64 bits per heavy atom. The zero-order valence-electron chi connectivity index (χ0n) is 13.3. The van der Waals surface area contributed by atoms with Gasteiger partial charge in [0.25, 0.3) is 0 Å². The molecule has 0 radical (unpaired) electrons. The van der Waals surface area contributed by atoms with Crippen LogP contribution < -0.4 is 14.4 Å². The zero-order valence-corrected chi connectivity index (χ0v) is 13.3. The fourth-order valence-corrected chi connectivity index (χ4v) is 2.78. The lowest BCUT2D eigenvalue weighted by molar-refractivity contribution is -0.385. The van der Waals surface area contributed by atoms with E-state index >= 15 is 0 Å². The summed E-state index contributed by atoms with van der Waals surface area (Å²) in [6.07, 6.45) is 4.72. The largest absolute Gasteiger partial charge is 0.491 e. The molecule has 1 aromatic carbocycles. The van der Waals surface area contributed by atoms with Crippen molar-refractivity contribution in [2.45, 2.75) is 39.5 Å². The molecule has 0 N–H and O–H groups in total. The summed E-state index contributed by atoms with van der Waals surface area (Å²) in [6.45, 7) is 6.48. The topological polar surface area (TPSA) is 64.8 Å². The molecular weight excluding hydrogens is 284 g/mol. The Bertz CT molecular complexity index is 511. The van der Waals surface area contributed by atoms with Crippen LogP contribution in [0, 0.1) is 10.1 Å². The van der Waals surface area contributed by atoms with Gasteiger partial charge in [-0.05, 0) is 26.7 Å². The van der Waals surface area contributed by atoms with Gasteiger partial charge >= 0.3 is 5.69 Å². The van der Waals surface area contributed by atoms with E-state index in [0.29, 0.717) is 24.7 Å². The van der Waals surface area contributed by atoms with Gasteiger partial charge in [-0.25, -0.2) is 0 Å². The molecule has 2 rings (SSSR count). The van der Waals surface area contributed by atoms with Crippen LogP contribution in [0.25, 0.3) is 0 Å². The third kappa shape index (κ3) is 3.81. The number of benzene rings is 1. The van der Waals surface area contributed by atoms with Crippen molar-refractivity contribution < 1.29 is 14.4 Å². The summed E-state index contributed by atoms with van der Waals surface area (Å²) < 4.78 is 11.1. The standard InChI is InChI=1S/C16H24N2O4/c1-3-21-15-12-14(18(19)20)16(22-4-2)11-13(15)17-9-7-5-6-8-10-17/h11-12H,3-10H2,1-2H3. The molecule has 6 nitrogen and oxygen atoms in total. The van der Waals surface area contributed by atoms with Gasteiger partial charge in [0.15, 0.2) is 5.75 Å². The van der Waals surface area contributed by atoms with Crippen LogP contribution in [0.2, 0.25) is 0 Å². The molecule has 1 heterocycles. The van der Waals surface area contributed by atoms with Crippen LogP contribution in [0.3, 0.4) is 0 Å². The van der Waals surface area contributed by atoms with Gasteiger partial charge in [0.2, 0.25) is 0 Å². The van der Waals surface area contributed by atoms with Gasteiger partial charge in [-0.2, -0.15) is 0 Å². The molecule has 0 unspecified atom stereocenters. The van der Waals surface area contributed by atoms with Crippen molar-refractivity contribution in [1.29, 1.82) is 0 Å². The molecule has 1 aliphatic heterocycles. The molecule has 0 amide bonds. The summed E-state index contributed by atoms with van der Waals surface area (Å²) >= 11 is 0. The predicted octanol–water partition coefficient (Wildman–Crippen LogP) is 3.77. The average Bonchev–Trinajstić information content (AvgIpc) is 2.77. The minimum Gasteiger partial charge on any atom is -0.491 e. The first-order chi connectivity index (χ1) is 10.7. The first-order valence-corrected chi connectivity index (χ1v) is 8.00. The number of hydrogen-bond acceptors (Lipinski definition) is 5. The molecule has 0 atom stereocenters. The van der Waals surface area contributed by atoms with Gasteiger partial charge in [-0.1, -0.05) is 12.8 Å². The Morgan fingerprint density at radius 1 is 1.05 bits per heavy atom. The number of nitrogens with zero attached hydrogens (tertiary/aromatic N) is 2.